The highest BCUT2D eigenvalue weighted by Crippen LogP contribution is 2.09. The second-order valence-electron chi connectivity index (χ2n) is 5.19. The lowest BCUT2D eigenvalue weighted by Crippen LogP contribution is -2.20. The van der Waals surface area contributed by atoms with Gasteiger partial charge in [-0.05, 0) is 45.6 Å². The summed E-state index contributed by atoms with van der Waals surface area (Å²) >= 11 is 0. The number of benzene rings is 1. The lowest BCUT2D eigenvalue weighted by Gasteiger charge is -2.08. The normalized spacial score (nSPS) is 13.2. The molecule has 1 aromatic rings. The molecule has 0 aliphatic carbocycles. The zero-order valence-electron chi connectivity index (χ0n) is 11.8. The van der Waals surface area contributed by atoms with E-state index in [0.29, 0.717) is 0 Å². The molecule has 1 aromatic carbocycles. The SMILES string of the molecule is CC(C)=CCC/C(C)=C/C(N)Cc1ccccc1. The van der Waals surface area contributed by atoms with Crippen molar-refractivity contribution >= 4 is 0 Å². The van der Waals surface area contributed by atoms with Crippen LogP contribution >= 0.6 is 0 Å². The van der Waals surface area contributed by atoms with E-state index in [4.69, 9.17) is 5.73 Å². The van der Waals surface area contributed by atoms with Gasteiger partial charge in [-0.3, -0.25) is 0 Å². The fourth-order valence-electron chi connectivity index (χ4n) is 1.98. The minimum absolute atomic E-state index is 0.124. The molecular weight excluding hydrogens is 218 g/mol. The maximum atomic E-state index is 6.15. The maximum Gasteiger partial charge on any atom is 0.0267 e. The summed E-state index contributed by atoms with van der Waals surface area (Å²) in [6.07, 6.45) is 7.61. The zero-order chi connectivity index (χ0) is 13.4. The molecule has 0 saturated carbocycles. The first-order valence-electron chi connectivity index (χ1n) is 6.68. The fourth-order valence-corrected chi connectivity index (χ4v) is 1.98. The van der Waals surface area contributed by atoms with E-state index < -0.39 is 0 Å². The van der Waals surface area contributed by atoms with Crippen molar-refractivity contribution in [2.45, 2.75) is 46.1 Å². The van der Waals surface area contributed by atoms with Gasteiger partial charge in [-0.1, -0.05) is 53.6 Å². The Morgan fingerprint density at radius 2 is 1.83 bits per heavy atom. The van der Waals surface area contributed by atoms with E-state index in [1.807, 2.05) is 6.07 Å². The van der Waals surface area contributed by atoms with Gasteiger partial charge in [-0.2, -0.15) is 0 Å². The minimum Gasteiger partial charge on any atom is -0.324 e. The summed E-state index contributed by atoms with van der Waals surface area (Å²) in [5, 5.41) is 0. The van der Waals surface area contributed by atoms with Crippen LogP contribution in [0, 0.1) is 0 Å². The first-order chi connectivity index (χ1) is 8.58. The van der Waals surface area contributed by atoms with E-state index in [1.54, 1.807) is 0 Å². The molecule has 1 atom stereocenters. The lowest BCUT2D eigenvalue weighted by molar-refractivity contribution is 0.793. The number of nitrogens with two attached hydrogens (primary N) is 1. The van der Waals surface area contributed by atoms with Crippen molar-refractivity contribution in [3.8, 4) is 0 Å². The highest BCUT2D eigenvalue weighted by Gasteiger charge is 2.01. The topological polar surface area (TPSA) is 26.0 Å². The summed E-state index contributed by atoms with van der Waals surface area (Å²) in [4.78, 5) is 0. The Labute approximate surface area is 111 Å². The van der Waals surface area contributed by atoms with Gasteiger partial charge in [-0.25, -0.2) is 0 Å². The molecule has 0 spiro atoms. The Balaban J connectivity index is 2.42. The van der Waals surface area contributed by atoms with Gasteiger partial charge in [0.2, 0.25) is 0 Å². The molecule has 0 bridgehead atoms. The number of hydrogen-bond donors (Lipinski definition) is 1. The average molecular weight is 243 g/mol. The van der Waals surface area contributed by atoms with Gasteiger partial charge in [0.1, 0.15) is 0 Å². The third-order valence-electron chi connectivity index (χ3n) is 2.90. The molecule has 1 nitrogen and oxygen atoms in total. The van der Waals surface area contributed by atoms with Crippen molar-refractivity contribution < 1.29 is 0 Å². The monoisotopic (exact) mass is 243 g/mol. The van der Waals surface area contributed by atoms with Crippen LogP contribution in [0.1, 0.15) is 39.2 Å². The van der Waals surface area contributed by atoms with E-state index >= 15 is 0 Å². The first kappa shape index (κ1) is 14.7. The van der Waals surface area contributed by atoms with Crippen LogP contribution in [-0.2, 0) is 6.42 Å². The molecule has 0 radical (unpaired) electrons. The smallest absolute Gasteiger partial charge is 0.0267 e. The van der Waals surface area contributed by atoms with Crippen LogP contribution in [0.3, 0.4) is 0 Å². The van der Waals surface area contributed by atoms with Gasteiger partial charge in [0.15, 0.2) is 0 Å². The van der Waals surface area contributed by atoms with Gasteiger partial charge in [0.25, 0.3) is 0 Å². The summed E-state index contributed by atoms with van der Waals surface area (Å²) in [5.41, 5.74) is 10.2. The fraction of sp³-hybridized carbons (Fsp3) is 0.412. The number of hydrogen-bond acceptors (Lipinski definition) is 1. The summed E-state index contributed by atoms with van der Waals surface area (Å²) in [6, 6.07) is 10.5. The van der Waals surface area contributed by atoms with E-state index in [2.05, 4.69) is 57.2 Å². The summed E-state index contributed by atoms with van der Waals surface area (Å²) < 4.78 is 0. The van der Waals surface area contributed by atoms with Crippen LogP contribution in [0.4, 0.5) is 0 Å². The van der Waals surface area contributed by atoms with Crippen LogP contribution in [0.2, 0.25) is 0 Å². The van der Waals surface area contributed by atoms with Crippen molar-refractivity contribution in [2.75, 3.05) is 0 Å². The first-order valence-corrected chi connectivity index (χ1v) is 6.68. The molecule has 18 heavy (non-hydrogen) atoms. The summed E-state index contributed by atoms with van der Waals surface area (Å²) in [5.74, 6) is 0. The van der Waals surface area contributed by atoms with Crippen molar-refractivity contribution in [3.05, 3.63) is 59.2 Å². The molecule has 2 N–H and O–H groups in total. The lowest BCUT2D eigenvalue weighted by atomic mass is 10.0. The zero-order valence-corrected chi connectivity index (χ0v) is 11.8. The molecule has 1 unspecified atom stereocenters. The van der Waals surface area contributed by atoms with Gasteiger partial charge in [-0.15, -0.1) is 0 Å². The van der Waals surface area contributed by atoms with Gasteiger partial charge < -0.3 is 5.73 Å². The van der Waals surface area contributed by atoms with Crippen LogP contribution in [-0.4, -0.2) is 6.04 Å². The molecule has 0 aliphatic rings. The number of allylic oxidation sites excluding steroid dienone is 3. The highest BCUT2D eigenvalue weighted by atomic mass is 14.6. The van der Waals surface area contributed by atoms with Gasteiger partial charge in [0.05, 0.1) is 0 Å². The molecule has 0 fully saturated rings. The summed E-state index contributed by atoms with van der Waals surface area (Å²) in [6.45, 7) is 6.45. The maximum absolute atomic E-state index is 6.15. The van der Waals surface area contributed by atoms with Crippen molar-refractivity contribution in [1.29, 1.82) is 0 Å². The third kappa shape index (κ3) is 6.41. The predicted molar refractivity (Wildman–Crippen MR) is 80.5 cm³/mol. The molecule has 1 heteroatoms. The van der Waals surface area contributed by atoms with Crippen molar-refractivity contribution in [1.82, 2.24) is 0 Å². The molecule has 0 aliphatic heterocycles. The minimum atomic E-state index is 0.124. The molecule has 0 aromatic heterocycles. The van der Waals surface area contributed by atoms with E-state index in [9.17, 15) is 0 Å². The second-order valence-corrected chi connectivity index (χ2v) is 5.19. The Kier molecular flexibility index (Phi) is 6.45. The van der Waals surface area contributed by atoms with Crippen LogP contribution < -0.4 is 5.73 Å². The molecule has 1 rings (SSSR count). The Bertz CT molecular complexity index is 397. The van der Waals surface area contributed by atoms with E-state index in [-0.39, 0.29) is 6.04 Å². The molecular formula is C17H25N. The second kappa shape index (κ2) is 7.88. The van der Waals surface area contributed by atoms with Crippen LogP contribution in [0.25, 0.3) is 0 Å². The Hall–Kier alpha value is -1.34. The van der Waals surface area contributed by atoms with Crippen molar-refractivity contribution in [3.63, 3.8) is 0 Å². The van der Waals surface area contributed by atoms with Gasteiger partial charge in [0, 0.05) is 6.04 Å². The Morgan fingerprint density at radius 3 is 2.44 bits per heavy atom. The highest BCUT2D eigenvalue weighted by molar-refractivity contribution is 5.18. The van der Waals surface area contributed by atoms with Crippen LogP contribution in [0.5, 0.6) is 0 Å². The predicted octanol–water partition coefficient (Wildman–Crippen LogP) is 4.25. The molecule has 98 valence electrons. The van der Waals surface area contributed by atoms with E-state index in [1.165, 1.54) is 16.7 Å². The molecule has 0 heterocycles. The molecule has 0 amide bonds. The van der Waals surface area contributed by atoms with Gasteiger partial charge >= 0.3 is 0 Å². The quantitative estimate of drug-likeness (QED) is 0.743. The van der Waals surface area contributed by atoms with Crippen molar-refractivity contribution in [2.24, 2.45) is 5.73 Å². The largest absolute Gasteiger partial charge is 0.324 e. The molecule has 0 saturated heterocycles. The standard InChI is InChI=1S/C17H25N/c1-14(2)8-7-9-15(3)12-17(18)13-16-10-5-4-6-11-16/h4-6,8,10-12,17H,7,9,13,18H2,1-3H3/b15-12+. The van der Waals surface area contributed by atoms with Crippen LogP contribution in [0.15, 0.2) is 53.6 Å². The summed E-state index contributed by atoms with van der Waals surface area (Å²) in [7, 11) is 0. The van der Waals surface area contributed by atoms with E-state index in [0.717, 1.165) is 19.3 Å². The number of rotatable bonds is 6. The average Bonchev–Trinajstić information content (AvgIpc) is 2.29. The Morgan fingerprint density at radius 1 is 1.17 bits per heavy atom. The third-order valence-corrected chi connectivity index (χ3v) is 2.90.